The van der Waals surface area contributed by atoms with Crippen LogP contribution in [0.1, 0.15) is 19.8 Å². The Morgan fingerprint density at radius 1 is 1.47 bits per heavy atom. The molecule has 0 aliphatic heterocycles. The van der Waals surface area contributed by atoms with Gasteiger partial charge in [-0.1, -0.05) is 6.07 Å². The van der Waals surface area contributed by atoms with Crippen molar-refractivity contribution >= 4 is 11.7 Å². The lowest BCUT2D eigenvalue weighted by Crippen LogP contribution is -2.24. The zero-order valence-corrected chi connectivity index (χ0v) is 10.3. The van der Waals surface area contributed by atoms with Crippen molar-refractivity contribution in [1.29, 1.82) is 0 Å². The summed E-state index contributed by atoms with van der Waals surface area (Å²) in [6, 6.07) is 7.13. The van der Waals surface area contributed by atoms with E-state index in [2.05, 4.69) is 9.64 Å². The molecule has 4 heteroatoms. The third-order valence-electron chi connectivity index (χ3n) is 2.61. The van der Waals surface area contributed by atoms with Crippen molar-refractivity contribution in [3.63, 3.8) is 0 Å². The van der Waals surface area contributed by atoms with Crippen LogP contribution < -0.4 is 4.90 Å². The van der Waals surface area contributed by atoms with Crippen LogP contribution in [-0.4, -0.2) is 31.3 Å². The highest BCUT2D eigenvalue weighted by Gasteiger charge is 2.06. The number of carbonyl (C=O) groups is 1. The van der Waals surface area contributed by atoms with Gasteiger partial charge in [-0.05, 0) is 25.5 Å². The van der Waals surface area contributed by atoms with Crippen LogP contribution in [0.4, 0.5) is 5.69 Å². The molecule has 0 aromatic heterocycles. The van der Waals surface area contributed by atoms with Gasteiger partial charge in [0.15, 0.2) is 0 Å². The van der Waals surface area contributed by atoms with Crippen LogP contribution in [0, 0.1) is 0 Å². The van der Waals surface area contributed by atoms with E-state index in [9.17, 15) is 9.90 Å². The smallest absolute Gasteiger partial charge is 0.305 e. The zero-order valence-electron chi connectivity index (χ0n) is 10.3. The first-order chi connectivity index (χ1) is 8.17. The van der Waals surface area contributed by atoms with Crippen LogP contribution >= 0.6 is 0 Å². The molecule has 0 radical (unpaired) electrons. The van der Waals surface area contributed by atoms with Crippen molar-refractivity contribution in [2.24, 2.45) is 0 Å². The molecule has 0 atom stereocenters. The van der Waals surface area contributed by atoms with Gasteiger partial charge >= 0.3 is 5.97 Å². The third-order valence-corrected chi connectivity index (χ3v) is 2.61. The second kappa shape index (κ2) is 6.78. The Balaban J connectivity index is 2.51. The van der Waals surface area contributed by atoms with Gasteiger partial charge in [0, 0.05) is 31.3 Å². The van der Waals surface area contributed by atoms with E-state index in [1.807, 2.05) is 19.1 Å². The fourth-order valence-corrected chi connectivity index (χ4v) is 1.68. The molecule has 0 fully saturated rings. The molecule has 0 unspecified atom stereocenters. The van der Waals surface area contributed by atoms with E-state index < -0.39 is 0 Å². The van der Waals surface area contributed by atoms with Crippen LogP contribution in [0.5, 0.6) is 5.75 Å². The second-order valence-corrected chi connectivity index (χ2v) is 3.78. The standard InChI is InChI=1S/C13H19NO3/c1-3-14(9-5-8-13(16)17-2)11-6-4-7-12(15)10-11/h4,6-7,10,15H,3,5,8-9H2,1-2H3. The number of benzene rings is 1. The number of nitrogens with zero attached hydrogens (tertiary/aromatic N) is 1. The number of rotatable bonds is 6. The summed E-state index contributed by atoms with van der Waals surface area (Å²) in [4.78, 5) is 13.1. The van der Waals surface area contributed by atoms with Crippen molar-refractivity contribution in [2.75, 3.05) is 25.1 Å². The lowest BCUT2D eigenvalue weighted by Gasteiger charge is -2.22. The van der Waals surface area contributed by atoms with Crippen molar-refractivity contribution in [3.05, 3.63) is 24.3 Å². The lowest BCUT2D eigenvalue weighted by molar-refractivity contribution is -0.140. The summed E-state index contributed by atoms with van der Waals surface area (Å²) in [6.07, 6.45) is 1.17. The van der Waals surface area contributed by atoms with Gasteiger partial charge in [-0.25, -0.2) is 0 Å². The maximum absolute atomic E-state index is 11.0. The van der Waals surface area contributed by atoms with Crippen LogP contribution in [0.15, 0.2) is 24.3 Å². The normalized spacial score (nSPS) is 10.0. The topological polar surface area (TPSA) is 49.8 Å². The molecule has 1 rings (SSSR count). The van der Waals surface area contributed by atoms with E-state index in [1.165, 1.54) is 7.11 Å². The SMILES string of the molecule is CCN(CCCC(=O)OC)c1cccc(O)c1. The van der Waals surface area contributed by atoms with Gasteiger partial charge in [0.25, 0.3) is 0 Å². The number of esters is 1. The Kier molecular flexibility index (Phi) is 5.33. The Morgan fingerprint density at radius 3 is 2.82 bits per heavy atom. The molecule has 1 aromatic rings. The fourth-order valence-electron chi connectivity index (χ4n) is 1.68. The summed E-state index contributed by atoms with van der Waals surface area (Å²) in [5.41, 5.74) is 0.970. The van der Waals surface area contributed by atoms with E-state index in [1.54, 1.807) is 12.1 Å². The van der Waals surface area contributed by atoms with E-state index in [0.29, 0.717) is 6.42 Å². The predicted octanol–water partition coefficient (Wildman–Crippen LogP) is 2.17. The van der Waals surface area contributed by atoms with Gasteiger partial charge in [0.05, 0.1) is 7.11 Å². The molecule has 94 valence electrons. The summed E-state index contributed by atoms with van der Waals surface area (Å²) in [7, 11) is 1.40. The first-order valence-corrected chi connectivity index (χ1v) is 5.78. The molecule has 0 aliphatic carbocycles. The molecule has 0 aliphatic rings. The largest absolute Gasteiger partial charge is 0.508 e. The molecule has 0 heterocycles. The number of hydrogen-bond acceptors (Lipinski definition) is 4. The number of anilines is 1. The number of carbonyl (C=O) groups excluding carboxylic acids is 1. The van der Waals surface area contributed by atoms with E-state index in [-0.39, 0.29) is 11.7 Å². The minimum atomic E-state index is -0.183. The van der Waals surface area contributed by atoms with Gasteiger partial charge < -0.3 is 14.7 Å². The van der Waals surface area contributed by atoms with E-state index in [4.69, 9.17) is 0 Å². The van der Waals surface area contributed by atoms with Gasteiger partial charge in [0.1, 0.15) is 5.75 Å². The van der Waals surface area contributed by atoms with Crippen molar-refractivity contribution in [2.45, 2.75) is 19.8 Å². The quantitative estimate of drug-likeness (QED) is 0.770. The molecular formula is C13H19NO3. The summed E-state index contributed by atoms with van der Waals surface area (Å²) in [5, 5.41) is 9.41. The zero-order chi connectivity index (χ0) is 12.7. The second-order valence-electron chi connectivity index (χ2n) is 3.78. The minimum absolute atomic E-state index is 0.183. The lowest BCUT2D eigenvalue weighted by atomic mass is 10.2. The number of phenolic OH excluding ortho intramolecular Hbond substituents is 1. The monoisotopic (exact) mass is 237 g/mol. The third kappa shape index (κ3) is 4.34. The van der Waals surface area contributed by atoms with Crippen molar-refractivity contribution < 1.29 is 14.6 Å². The van der Waals surface area contributed by atoms with Gasteiger partial charge in [-0.15, -0.1) is 0 Å². The van der Waals surface area contributed by atoms with Crippen LogP contribution in [-0.2, 0) is 9.53 Å². The highest BCUT2D eigenvalue weighted by molar-refractivity contribution is 5.69. The molecule has 0 amide bonds. The summed E-state index contributed by atoms with van der Waals surface area (Å²) >= 11 is 0. The molecule has 17 heavy (non-hydrogen) atoms. The Bertz CT molecular complexity index is 365. The van der Waals surface area contributed by atoms with Crippen LogP contribution in [0.2, 0.25) is 0 Å². The number of ether oxygens (including phenoxy) is 1. The van der Waals surface area contributed by atoms with Crippen LogP contribution in [0.3, 0.4) is 0 Å². The van der Waals surface area contributed by atoms with Gasteiger partial charge in [-0.3, -0.25) is 4.79 Å². The van der Waals surface area contributed by atoms with Gasteiger partial charge in [0.2, 0.25) is 0 Å². The Labute approximate surface area is 102 Å². The van der Waals surface area contributed by atoms with E-state index in [0.717, 1.165) is 25.2 Å². The fraction of sp³-hybridized carbons (Fsp3) is 0.462. The van der Waals surface area contributed by atoms with E-state index >= 15 is 0 Å². The number of aromatic hydroxyl groups is 1. The Hall–Kier alpha value is -1.71. The molecular weight excluding hydrogens is 218 g/mol. The highest BCUT2D eigenvalue weighted by Crippen LogP contribution is 2.20. The molecule has 0 bridgehead atoms. The maximum Gasteiger partial charge on any atom is 0.305 e. The number of phenols is 1. The predicted molar refractivity (Wildman–Crippen MR) is 67.2 cm³/mol. The van der Waals surface area contributed by atoms with Gasteiger partial charge in [-0.2, -0.15) is 0 Å². The van der Waals surface area contributed by atoms with Crippen LogP contribution in [0.25, 0.3) is 0 Å². The minimum Gasteiger partial charge on any atom is -0.508 e. The first-order valence-electron chi connectivity index (χ1n) is 5.78. The molecule has 0 saturated carbocycles. The molecule has 0 spiro atoms. The Morgan fingerprint density at radius 2 is 2.24 bits per heavy atom. The number of hydrogen-bond donors (Lipinski definition) is 1. The van der Waals surface area contributed by atoms with Crippen molar-refractivity contribution in [3.8, 4) is 5.75 Å². The maximum atomic E-state index is 11.0. The molecule has 4 nitrogen and oxygen atoms in total. The number of methoxy groups -OCH3 is 1. The average Bonchev–Trinajstić information content (AvgIpc) is 2.34. The molecule has 0 saturated heterocycles. The molecule has 1 N–H and O–H groups in total. The highest BCUT2D eigenvalue weighted by atomic mass is 16.5. The average molecular weight is 237 g/mol. The summed E-state index contributed by atoms with van der Waals surface area (Å²) < 4.78 is 4.59. The van der Waals surface area contributed by atoms with Crippen molar-refractivity contribution in [1.82, 2.24) is 0 Å². The first kappa shape index (κ1) is 13.4. The molecule has 1 aromatic carbocycles. The summed E-state index contributed by atoms with van der Waals surface area (Å²) in [5.74, 6) is 0.0749. The summed E-state index contributed by atoms with van der Waals surface area (Å²) in [6.45, 7) is 3.65.